The highest BCUT2D eigenvalue weighted by Crippen LogP contribution is 2.29. The molecule has 2 amide bonds. The normalized spacial score (nSPS) is 14.9. The zero-order chi connectivity index (χ0) is 34.6. The Morgan fingerprint density at radius 1 is 1.08 bits per heavy atom. The molecule has 49 heavy (non-hydrogen) atoms. The summed E-state index contributed by atoms with van der Waals surface area (Å²) in [6, 6.07) is 22.4. The van der Waals surface area contributed by atoms with Crippen LogP contribution in [0, 0.1) is 5.92 Å². The molecular weight excluding hydrogens is 633 g/mol. The molecule has 8 bridgehead atoms. The molecule has 1 saturated heterocycles. The third kappa shape index (κ3) is 10.1. The van der Waals surface area contributed by atoms with E-state index in [0.717, 1.165) is 54.7 Å². The maximum absolute atomic E-state index is 12.6. The lowest BCUT2D eigenvalue weighted by atomic mass is 9.89. The quantitative estimate of drug-likeness (QED) is 0.0672. The fourth-order valence-electron chi connectivity index (χ4n) is 6.14. The molecule has 1 aromatic heterocycles. The lowest BCUT2D eigenvalue weighted by Gasteiger charge is -2.34. The molecule has 5 N–H and O–H groups in total. The molecule has 3 aromatic carbocycles. The number of para-hydroxylation sites is 2. The molecule has 0 spiro atoms. The van der Waals surface area contributed by atoms with Gasteiger partial charge in [0, 0.05) is 73.6 Å². The summed E-state index contributed by atoms with van der Waals surface area (Å²) in [5, 5.41) is 10.1. The summed E-state index contributed by atoms with van der Waals surface area (Å²) < 4.78 is 5.21. The van der Waals surface area contributed by atoms with Gasteiger partial charge >= 0.3 is 0 Å². The minimum atomic E-state index is -0.101. The van der Waals surface area contributed by atoms with Gasteiger partial charge in [0.2, 0.25) is 5.91 Å². The van der Waals surface area contributed by atoms with Crippen LogP contribution in [0.5, 0.6) is 0 Å². The van der Waals surface area contributed by atoms with Crippen molar-refractivity contribution in [2.45, 2.75) is 44.6 Å². The van der Waals surface area contributed by atoms with Gasteiger partial charge in [-0.1, -0.05) is 42.5 Å². The predicted molar refractivity (Wildman–Crippen MR) is 202 cm³/mol. The number of nitrogens with zero attached hydrogens (tertiary/aromatic N) is 2. The Labute approximate surface area is 295 Å². The molecular formula is C39H48N6O3S. The summed E-state index contributed by atoms with van der Waals surface area (Å²) in [7, 11) is 0. The van der Waals surface area contributed by atoms with Gasteiger partial charge in [-0.2, -0.15) is 0 Å². The Bertz CT molecular complexity index is 1750. The summed E-state index contributed by atoms with van der Waals surface area (Å²) in [6.45, 7) is 9.92. The van der Waals surface area contributed by atoms with Crippen LogP contribution in [0.3, 0.4) is 0 Å². The summed E-state index contributed by atoms with van der Waals surface area (Å²) >= 11 is 4.27. The van der Waals surface area contributed by atoms with Crippen molar-refractivity contribution in [2.24, 2.45) is 5.92 Å². The van der Waals surface area contributed by atoms with Gasteiger partial charge in [-0.3, -0.25) is 14.6 Å². The van der Waals surface area contributed by atoms with Gasteiger partial charge in [0.1, 0.15) is 0 Å². The fraction of sp³-hybridized carbons (Fsp3) is 0.359. The SMILES string of the molecule is CCOCCNCCNC(=O)/C(C)=C/c1cccc(S)c1N.O=C1NCc2ccc(cc2)N2CCC(CC2)Cc2cccc3cc1cnc23. The summed E-state index contributed by atoms with van der Waals surface area (Å²) in [6.07, 6.45) is 6.95. The first kappa shape index (κ1) is 35.9. The van der Waals surface area contributed by atoms with Gasteiger partial charge < -0.3 is 31.3 Å². The van der Waals surface area contributed by atoms with Crippen molar-refractivity contribution in [3.05, 3.63) is 101 Å². The van der Waals surface area contributed by atoms with E-state index in [-0.39, 0.29) is 11.8 Å². The van der Waals surface area contributed by atoms with Crippen molar-refractivity contribution in [2.75, 3.05) is 56.6 Å². The second-order valence-corrected chi connectivity index (χ2v) is 13.0. The van der Waals surface area contributed by atoms with Crippen molar-refractivity contribution >= 4 is 52.8 Å². The Morgan fingerprint density at radius 3 is 2.63 bits per heavy atom. The number of carbonyl (C=O) groups excluding carboxylic acids is 2. The highest BCUT2D eigenvalue weighted by molar-refractivity contribution is 7.80. The number of hydrogen-bond acceptors (Lipinski definition) is 8. The van der Waals surface area contributed by atoms with Crippen LogP contribution >= 0.6 is 12.6 Å². The molecule has 7 aliphatic heterocycles. The number of ether oxygens (including phenoxy) is 1. The smallest absolute Gasteiger partial charge is 0.253 e. The van der Waals surface area contributed by atoms with E-state index in [9.17, 15) is 9.59 Å². The maximum Gasteiger partial charge on any atom is 0.253 e. The molecule has 9 nitrogen and oxygen atoms in total. The maximum atomic E-state index is 12.6. The van der Waals surface area contributed by atoms with E-state index < -0.39 is 0 Å². The third-order valence-electron chi connectivity index (χ3n) is 9.00. The third-order valence-corrected chi connectivity index (χ3v) is 9.39. The van der Waals surface area contributed by atoms with E-state index in [1.54, 1.807) is 19.2 Å². The second kappa shape index (κ2) is 17.9. The molecule has 4 aromatic rings. The Kier molecular flexibility index (Phi) is 13.1. The standard InChI is InChI=1S/C23H23N3O.C16H25N3O2S/c27-23-20-13-19-3-1-2-18(22(19)24-15-20)12-16-8-10-26(11-9-16)21-6-4-17(5-7-21)14-25-23;1-3-21-10-9-18-7-8-19-16(20)12(2)11-13-5-4-6-14(22)15(13)17/h1-7,13,15-16H,8-12,14H2,(H,25,27);4-6,11,18,22H,3,7-10,17H2,1-2H3,(H,19,20)/b;12-11+. The van der Waals surface area contributed by atoms with Gasteiger partial charge in [0.25, 0.3) is 5.91 Å². The minimum Gasteiger partial charge on any atom is -0.397 e. The Hall–Kier alpha value is -4.38. The lowest BCUT2D eigenvalue weighted by molar-refractivity contribution is -0.117. The lowest BCUT2D eigenvalue weighted by Crippen LogP contribution is -2.34. The predicted octanol–water partition coefficient (Wildman–Crippen LogP) is 5.64. The molecule has 8 heterocycles. The average molecular weight is 681 g/mol. The first-order valence-electron chi connectivity index (χ1n) is 17.1. The van der Waals surface area contributed by atoms with Crippen molar-refractivity contribution in [1.82, 2.24) is 20.9 Å². The van der Waals surface area contributed by atoms with Crippen LogP contribution in [0.15, 0.2) is 83.4 Å². The molecule has 258 valence electrons. The number of pyridine rings is 1. The van der Waals surface area contributed by atoms with Crippen LogP contribution in [-0.2, 0) is 22.5 Å². The van der Waals surface area contributed by atoms with E-state index in [2.05, 4.69) is 80.9 Å². The van der Waals surface area contributed by atoms with Gasteiger partial charge in [0.05, 0.1) is 23.4 Å². The molecule has 7 aliphatic rings. The largest absolute Gasteiger partial charge is 0.397 e. The molecule has 0 aliphatic carbocycles. The van der Waals surface area contributed by atoms with Crippen LogP contribution in [0.4, 0.5) is 11.4 Å². The first-order valence-corrected chi connectivity index (χ1v) is 17.6. The van der Waals surface area contributed by atoms with E-state index in [1.165, 1.54) is 24.1 Å². The molecule has 10 heteroatoms. The molecule has 0 radical (unpaired) electrons. The number of amides is 2. The van der Waals surface area contributed by atoms with Gasteiger partial charge in [-0.25, -0.2) is 0 Å². The van der Waals surface area contributed by atoms with E-state index in [1.807, 2.05) is 31.2 Å². The minimum absolute atomic E-state index is 0.0768. The number of hydrogen-bond donors (Lipinski definition) is 5. The Balaban J connectivity index is 0.000000196. The highest BCUT2D eigenvalue weighted by Gasteiger charge is 2.21. The number of rotatable bonds is 9. The highest BCUT2D eigenvalue weighted by atomic mass is 32.1. The molecule has 0 atom stereocenters. The number of anilines is 2. The average Bonchev–Trinajstić information content (AvgIpc) is 3.13. The molecule has 0 unspecified atom stereocenters. The van der Waals surface area contributed by atoms with E-state index in [4.69, 9.17) is 10.5 Å². The number of aromatic nitrogens is 1. The zero-order valence-electron chi connectivity index (χ0n) is 28.5. The second-order valence-electron chi connectivity index (χ2n) is 12.5. The summed E-state index contributed by atoms with van der Waals surface area (Å²) in [5.41, 5.74) is 13.3. The molecule has 11 rings (SSSR count). The van der Waals surface area contributed by atoms with Crippen LogP contribution in [0.2, 0.25) is 0 Å². The molecule has 0 saturated carbocycles. The van der Waals surface area contributed by atoms with Gasteiger partial charge in [0.15, 0.2) is 0 Å². The van der Waals surface area contributed by atoms with Crippen molar-refractivity contribution in [1.29, 1.82) is 0 Å². The summed E-state index contributed by atoms with van der Waals surface area (Å²) in [4.78, 5) is 32.4. The van der Waals surface area contributed by atoms with Crippen LogP contribution in [-0.4, -0.2) is 62.7 Å². The van der Waals surface area contributed by atoms with E-state index >= 15 is 0 Å². The first-order chi connectivity index (χ1) is 23.8. The number of thiol groups is 1. The molecule has 1 fully saturated rings. The Morgan fingerprint density at radius 2 is 1.86 bits per heavy atom. The number of nitrogen functional groups attached to an aromatic ring is 1. The number of piperidine rings is 1. The van der Waals surface area contributed by atoms with Crippen LogP contribution < -0.4 is 26.6 Å². The van der Waals surface area contributed by atoms with Gasteiger partial charge in [-0.15, -0.1) is 12.6 Å². The fourth-order valence-corrected chi connectivity index (χ4v) is 6.36. The van der Waals surface area contributed by atoms with Crippen LogP contribution in [0.25, 0.3) is 17.0 Å². The van der Waals surface area contributed by atoms with E-state index in [0.29, 0.717) is 53.9 Å². The van der Waals surface area contributed by atoms with Crippen LogP contribution in [0.1, 0.15) is 53.7 Å². The monoisotopic (exact) mass is 680 g/mol. The van der Waals surface area contributed by atoms with Crippen molar-refractivity contribution in [3.63, 3.8) is 0 Å². The number of nitrogens with one attached hydrogen (secondary N) is 3. The number of carbonyl (C=O) groups is 2. The zero-order valence-corrected chi connectivity index (χ0v) is 29.4. The number of benzene rings is 3. The van der Waals surface area contributed by atoms with Gasteiger partial charge in [-0.05, 0) is 86.1 Å². The topological polar surface area (TPSA) is 122 Å². The number of nitrogens with two attached hydrogens (primary N) is 1. The summed E-state index contributed by atoms with van der Waals surface area (Å²) in [5.74, 6) is 0.508. The van der Waals surface area contributed by atoms with Crippen molar-refractivity contribution < 1.29 is 14.3 Å². The van der Waals surface area contributed by atoms with Crippen molar-refractivity contribution in [3.8, 4) is 0 Å².